The number of ether oxygens (including phenoxy) is 3. The molecule has 0 saturated carbocycles. The molecule has 20 heavy (non-hydrogen) atoms. The highest BCUT2D eigenvalue weighted by atomic mass is 35.5. The van der Waals surface area contributed by atoms with Gasteiger partial charge in [-0.1, -0.05) is 6.07 Å². The van der Waals surface area contributed by atoms with E-state index in [9.17, 15) is 0 Å². The number of halogens is 1. The lowest BCUT2D eigenvalue weighted by Crippen LogP contribution is -2.01. The van der Waals surface area contributed by atoms with E-state index in [1.807, 2.05) is 26.0 Å². The van der Waals surface area contributed by atoms with Gasteiger partial charge in [0.25, 0.3) is 0 Å². The van der Waals surface area contributed by atoms with Gasteiger partial charge in [-0.3, -0.25) is 0 Å². The molecule has 1 aromatic heterocycles. The molecule has 0 saturated heterocycles. The summed E-state index contributed by atoms with van der Waals surface area (Å²) in [5.41, 5.74) is 0. The third-order valence-corrected chi connectivity index (χ3v) is 2.34. The van der Waals surface area contributed by atoms with Crippen molar-refractivity contribution in [3.05, 3.63) is 29.5 Å². The second-order valence-electron chi connectivity index (χ2n) is 3.61. The molecule has 0 amide bonds. The summed E-state index contributed by atoms with van der Waals surface area (Å²) in [4.78, 5) is 11.7. The van der Waals surface area contributed by atoms with Crippen LogP contribution in [0.1, 0.15) is 13.8 Å². The van der Waals surface area contributed by atoms with Gasteiger partial charge in [-0.2, -0.15) is 9.97 Å². The lowest BCUT2D eigenvalue weighted by atomic mass is 10.3. The van der Waals surface area contributed by atoms with E-state index < -0.39 is 0 Å². The van der Waals surface area contributed by atoms with Crippen LogP contribution >= 0.6 is 11.6 Å². The first-order chi connectivity index (χ1) is 9.71. The van der Waals surface area contributed by atoms with E-state index in [1.54, 1.807) is 12.1 Å². The maximum absolute atomic E-state index is 5.79. The lowest BCUT2D eigenvalue weighted by molar-refractivity contribution is 0.302. The van der Waals surface area contributed by atoms with E-state index >= 15 is 0 Å². The molecule has 0 radical (unpaired) electrons. The predicted octanol–water partition coefficient (Wildman–Crippen LogP) is 3.11. The average molecular weight is 296 g/mol. The minimum absolute atomic E-state index is 0.0133. The molecule has 0 bridgehead atoms. The molecule has 0 unspecified atom stereocenters. The molecule has 2 aromatic rings. The van der Waals surface area contributed by atoms with E-state index in [4.69, 9.17) is 25.8 Å². The summed E-state index contributed by atoms with van der Waals surface area (Å²) in [6.45, 7) is 4.74. The second-order valence-corrected chi connectivity index (χ2v) is 3.95. The first-order valence-corrected chi connectivity index (χ1v) is 6.54. The van der Waals surface area contributed by atoms with Crippen molar-refractivity contribution in [3.8, 4) is 23.5 Å². The van der Waals surface area contributed by atoms with Crippen LogP contribution in [0, 0.1) is 0 Å². The van der Waals surface area contributed by atoms with Crippen LogP contribution < -0.4 is 14.2 Å². The zero-order valence-electron chi connectivity index (χ0n) is 11.2. The molecule has 0 atom stereocenters. The third kappa shape index (κ3) is 3.96. The Morgan fingerprint density at radius 2 is 1.65 bits per heavy atom. The van der Waals surface area contributed by atoms with Gasteiger partial charge >= 0.3 is 12.0 Å². The fraction of sp³-hybridized carbons (Fsp3) is 0.308. The normalized spacial score (nSPS) is 10.2. The van der Waals surface area contributed by atoms with Crippen LogP contribution in [0.25, 0.3) is 0 Å². The van der Waals surface area contributed by atoms with Crippen LogP contribution in [-0.2, 0) is 0 Å². The Balaban J connectivity index is 2.18. The van der Waals surface area contributed by atoms with Crippen molar-refractivity contribution in [1.29, 1.82) is 0 Å². The minimum Gasteiger partial charge on any atom is -0.494 e. The Kier molecular flexibility index (Phi) is 4.95. The van der Waals surface area contributed by atoms with Gasteiger partial charge in [0, 0.05) is 6.07 Å². The summed E-state index contributed by atoms with van der Waals surface area (Å²) in [7, 11) is 0. The van der Waals surface area contributed by atoms with Crippen molar-refractivity contribution in [2.24, 2.45) is 0 Å². The number of benzene rings is 1. The Labute approximate surface area is 121 Å². The van der Waals surface area contributed by atoms with Gasteiger partial charge in [-0.15, -0.1) is 4.98 Å². The number of rotatable bonds is 6. The molecular weight excluding hydrogens is 282 g/mol. The summed E-state index contributed by atoms with van der Waals surface area (Å²) >= 11 is 5.79. The summed E-state index contributed by atoms with van der Waals surface area (Å²) in [6.07, 6.45) is 0. The molecule has 106 valence electrons. The van der Waals surface area contributed by atoms with Crippen molar-refractivity contribution in [1.82, 2.24) is 15.0 Å². The molecule has 0 N–H and O–H groups in total. The summed E-state index contributed by atoms with van der Waals surface area (Å²) in [5, 5.41) is 0.0133. The monoisotopic (exact) mass is 295 g/mol. The zero-order chi connectivity index (χ0) is 14.4. The molecule has 0 aliphatic heterocycles. The van der Waals surface area contributed by atoms with E-state index in [1.165, 1.54) is 0 Å². The number of nitrogens with zero attached hydrogens (tertiary/aromatic N) is 3. The molecule has 1 heterocycles. The van der Waals surface area contributed by atoms with Crippen LogP contribution in [-0.4, -0.2) is 28.2 Å². The van der Waals surface area contributed by atoms with E-state index in [0.717, 1.165) is 0 Å². The van der Waals surface area contributed by atoms with Crippen LogP contribution in [0.4, 0.5) is 0 Å². The maximum atomic E-state index is 5.79. The van der Waals surface area contributed by atoms with Gasteiger partial charge in [-0.05, 0) is 37.6 Å². The van der Waals surface area contributed by atoms with Crippen LogP contribution in [0.5, 0.6) is 23.5 Å². The number of hydrogen-bond acceptors (Lipinski definition) is 6. The van der Waals surface area contributed by atoms with Gasteiger partial charge in [0.2, 0.25) is 5.28 Å². The first kappa shape index (κ1) is 14.3. The van der Waals surface area contributed by atoms with Gasteiger partial charge in [0.15, 0.2) is 0 Å². The molecule has 0 spiro atoms. The molecule has 7 heteroatoms. The maximum Gasteiger partial charge on any atom is 0.329 e. The Hall–Kier alpha value is -2.08. The fourth-order valence-electron chi connectivity index (χ4n) is 1.45. The average Bonchev–Trinajstić information content (AvgIpc) is 2.39. The van der Waals surface area contributed by atoms with Crippen molar-refractivity contribution in [2.75, 3.05) is 13.2 Å². The molecule has 0 aliphatic carbocycles. The van der Waals surface area contributed by atoms with Gasteiger partial charge in [0.05, 0.1) is 13.2 Å². The quantitative estimate of drug-likeness (QED) is 0.816. The summed E-state index contributed by atoms with van der Waals surface area (Å²) in [6, 6.07) is 7.35. The van der Waals surface area contributed by atoms with E-state index in [-0.39, 0.29) is 17.3 Å². The van der Waals surface area contributed by atoms with Crippen molar-refractivity contribution >= 4 is 11.6 Å². The van der Waals surface area contributed by atoms with E-state index in [0.29, 0.717) is 24.7 Å². The topological polar surface area (TPSA) is 66.4 Å². The van der Waals surface area contributed by atoms with Gasteiger partial charge in [-0.25, -0.2) is 0 Å². The second kappa shape index (κ2) is 6.91. The third-order valence-electron chi connectivity index (χ3n) is 2.17. The number of hydrogen-bond donors (Lipinski definition) is 0. The lowest BCUT2D eigenvalue weighted by Gasteiger charge is -2.07. The van der Waals surface area contributed by atoms with Crippen molar-refractivity contribution in [2.45, 2.75) is 13.8 Å². The van der Waals surface area contributed by atoms with Crippen LogP contribution in [0.3, 0.4) is 0 Å². The highest BCUT2D eigenvalue weighted by Gasteiger charge is 2.08. The largest absolute Gasteiger partial charge is 0.494 e. The standard InChI is InChI=1S/C13H14ClN3O3/c1-3-18-9-6-5-7-10(8-9)20-13-16-11(14)15-12(17-13)19-4-2/h5-8H,3-4H2,1-2H3. The molecule has 0 fully saturated rings. The number of aromatic nitrogens is 3. The van der Waals surface area contributed by atoms with Crippen molar-refractivity contribution < 1.29 is 14.2 Å². The summed E-state index contributed by atoms with van der Waals surface area (Å²) < 4.78 is 16.1. The first-order valence-electron chi connectivity index (χ1n) is 6.16. The molecular formula is C13H14ClN3O3. The molecule has 2 rings (SSSR count). The molecule has 0 aliphatic rings. The zero-order valence-corrected chi connectivity index (χ0v) is 11.9. The molecule has 1 aromatic carbocycles. The highest BCUT2D eigenvalue weighted by Crippen LogP contribution is 2.24. The fourth-order valence-corrected chi connectivity index (χ4v) is 1.60. The highest BCUT2D eigenvalue weighted by molar-refractivity contribution is 6.28. The Morgan fingerprint density at radius 1 is 0.950 bits per heavy atom. The Bertz CT molecular complexity index is 581. The molecule has 6 nitrogen and oxygen atoms in total. The van der Waals surface area contributed by atoms with Gasteiger partial charge < -0.3 is 14.2 Å². The van der Waals surface area contributed by atoms with Crippen molar-refractivity contribution in [3.63, 3.8) is 0 Å². The van der Waals surface area contributed by atoms with E-state index in [2.05, 4.69) is 15.0 Å². The SMILES string of the molecule is CCOc1cccc(Oc2nc(Cl)nc(OCC)n2)c1. The van der Waals surface area contributed by atoms with Crippen LogP contribution in [0.2, 0.25) is 5.28 Å². The van der Waals surface area contributed by atoms with Crippen LogP contribution in [0.15, 0.2) is 24.3 Å². The van der Waals surface area contributed by atoms with Gasteiger partial charge in [0.1, 0.15) is 11.5 Å². The Morgan fingerprint density at radius 3 is 2.40 bits per heavy atom. The predicted molar refractivity (Wildman–Crippen MR) is 73.7 cm³/mol. The minimum atomic E-state index is 0.0133. The smallest absolute Gasteiger partial charge is 0.329 e. The summed E-state index contributed by atoms with van der Waals surface area (Å²) in [5.74, 6) is 1.25.